The zero-order chi connectivity index (χ0) is 13.0. The summed E-state index contributed by atoms with van der Waals surface area (Å²) in [4.78, 5) is 9.98. The van der Waals surface area contributed by atoms with Crippen LogP contribution in [-0.4, -0.2) is 21.3 Å². The molecule has 0 atom stereocenters. The molecule has 18 heavy (non-hydrogen) atoms. The van der Waals surface area contributed by atoms with E-state index in [1.165, 1.54) is 17.1 Å². The fourth-order valence-corrected chi connectivity index (χ4v) is 1.62. The van der Waals surface area contributed by atoms with Crippen LogP contribution in [0.15, 0.2) is 41.1 Å². The molecule has 1 aromatic carbocycles. The highest BCUT2D eigenvalue weighted by Crippen LogP contribution is 2.16. The van der Waals surface area contributed by atoms with Crippen LogP contribution in [0.2, 0.25) is 0 Å². The number of aromatic nitrogens is 2. The first-order chi connectivity index (χ1) is 8.65. The zero-order valence-corrected chi connectivity index (χ0v) is 10.9. The first kappa shape index (κ1) is 12.6. The Morgan fingerprint density at radius 2 is 2.11 bits per heavy atom. The van der Waals surface area contributed by atoms with Crippen LogP contribution >= 0.6 is 15.9 Å². The number of benzene rings is 1. The number of nitro groups is 1. The molecule has 0 aliphatic heterocycles. The van der Waals surface area contributed by atoms with Gasteiger partial charge in [0.2, 0.25) is 0 Å². The summed E-state index contributed by atoms with van der Waals surface area (Å²) in [5, 5.41) is 14.3. The van der Waals surface area contributed by atoms with Crippen LogP contribution in [0.25, 0.3) is 0 Å². The monoisotopic (exact) mass is 311 g/mol. The molecule has 0 fully saturated rings. The highest BCUT2D eigenvalue weighted by atomic mass is 79.9. The first-order valence-corrected chi connectivity index (χ1v) is 5.99. The van der Waals surface area contributed by atoms with Crippen molar-refractivity contribution in [1.82, 2.24) is 9.78 Å². The summed E-state index contributed by atoms with van der Waals surface area (Å²) in [5.41, 5.74) is -0.0151. The van der Waals surface area contributed by atoms with Crippen molar-refractivity contribution in [1.29, 1.82) is 0 Å². The second-order valence-electron chi connectivity index (χ2n) is 3.52. The Kier molecular flexibility index (Phi) is 3.93. The maximum Gasteiger partial charge on any atom is 0.306 e. The molecule has 2 rings (SSSR count). The molecule has 2 aromatic rings. The Hall–Kier alpha value is -1.89. The molecule has 0 unspecified atom stereocenters. The predicted molar refractivity (Wildman–Crippen MR) is 68.5 cm³/mol. The molecule has 0 spiro atoms. The fourth-order valence-electron chi connectivity index (χ4n) is 1.36. The molecular formula is C11H10BrN3O3. The minimum Gasteiger partial charge on any atom is -0.492 e. The van der Waals surface area contributed by atoms with Crippen LogP contribution in [0.4, 0.5) is 5.69 Å². The van der Waals surface area contributed by atoms with Crippen molar-refractivity contribution >= 4 is 21.6 Å². The van der Waals surface area contributed by atoms with E-state index in [4.69, 9.17) is 4.74 Å². The van der Waals surface area contributed by atoms with E-state index in [2.05, 4.69) is 21.0 Å². The third kappa shape index (κ3) is 3.30. The van der Waals surface area contributed by atoms with E-state index in [9.17, 15) is 10.1 Å². The summed E-state index contributed by atoms with van der Waals surface area (Å²) < 4.78 is 7.95. The van der Waals surface area contributed by atoms with Gasteiger partial charge in [0.15, 0.2) is 0 Å². The first-order valence-electron chi connectivity index (χ1n) is 5.20. The van der Waals surface area contributed by atoms with Crippen molar-refractivity contribution in [3.63, 3.8) is 0 Å². The SMILES string of the molecule is O=[N+]([O-])c1cnn(CCOc2ccc(Br)cc2)c1. The lowest BCUT2D eigenvalue weighted by atomic mass is 10.3. The van der Waals surface area contributed by atoms with Gasteiger partial charge in [-0.2, -0.15) is 5.10 Å². The molecule has 1 heterocycles. The third-order valence-electron chi connectivity index (χ3n) is 2.23. The molecule has 0 N–H and O–H groups in total. The summed E-state index contributed by atoms with van der Waals surface area (Å²) in [5.74, 6) is 0.750. The van der Waals surface area contributed by atoms with E-state index < -0.39 is 4.92 Å². The lowest BCUT2D eigenvalue weighted by Crippen LogP contribution is -2.08. The summed E-state index contributed by atoms with van der Waals surface area (Å²) in [7, 11) is 0. The molecule has 0 aliphatic rings. The Morgan fingerprint density at radius 1 is 1.39 bits per heavy atom. The average molecular weight is 312 g/mol. The highest BCUT2D eigenvalue weighted by molar-refractivity contribution is 9.10. The highest BCUT2D eigenvalue weighted by Gasteiger charge is 2.08. The van der Waals surface area contributed by atoms with Gasteiger partial charge >= 0.3 is 5.69 Å². The summed E-state index contributed by atoms with van der Waals surface area (Å²) in [6.07, 6.45) is 2.60. The van der Waals surface area contributed by atoms with Crippen LogP contribution in [0.3, 0.4) is 0 Å². The molecule has 1 aromatic heterocycles. The molecule has 7 heteroatoms. The maximum atomic E-state index is 10.5. The minimum absolute atomic E-state index is 0.0151. The lowest BCUT2D eigenvalue weighted by Gasteiger charge is -2.05. The van der Waals surface area contributed by atoms with Gasteiger partial charge in [-0.3, -0.25) is 14.8 Å². The minimum atomic E-state index is -0.473. The fraction of sp³-hybridized carbons (Fsp3) is 0.182. The normalized spacial score (nSPS) is 10.3. The van der Waals surface area contributed by atoms with Crippen LogP contribution in [0, 0.1) is 10.1 Å². The number of halogens is 1. The second-order valence-corrected chi connectivity index (χ2v) is 4.44. The Labute approximate surface area is 111 Å². The van der Waals surface area contributed by atoms with Crippen molar-refractivity contribution in [2.45, 2.75) is 6.54 Å². The Balaban J connectivity index is 1.84. The van der Waals surface area contributed by atoms with Gasteiger partial charge in [-0.05, 0) is 24.3 Å². The Morgan fingerprint density at radius 3 is 2.72 bits per heavy atom. The molecule has 94 valence electrons. The molecule has 0 saturated carbocycles. The Bertz CT molecular complexity index is 539. The number of rotatable bonds is 5. The smallest absolute Gasteiger partial charge is 0.306 e. The topological polar surface area (TPSA) is 70.2 Å². The van der Waals surface area contributed by atoms with E-state index in [1.807, 2.05) is 24.3 Å². The predicted octanol–water partition coefficient (Wildman–Crippen LogP) is 2.63. The summed E-state index contributed by atoms with van der Waals surface area (Å²) >= 11 is 3.33. The van der Waals surface area contributed by atoms with Crippen molar-refractivity contribution in [3.8, 4) is 5.75 Å². The van der Waals surface area contributed by atoms with Gasteiger partial charge in [0.05, 0.1) is 11.5 Å². The summed E-state index contributed by atoms with van der Waals surface area (Å²) in [6, 6.07) is 7.45. The van der Waals surface area contributed by atoms with Crippen LogP contribution in [-0.2, 0) is 6.54 Å². The lowest BCUT2D eigenvalue weighted by molar-refractivity contribution is -0.385. The molecule has 0 amide bonds. The standard InChI is InChI=1S/C11H10BrN3O3/c12-9-1-3-11(4-2-9)18-6-5-14-8-10(7-13-14)15(16)17/h1-4,7-8H,5-6H2. The van der Waals surface area contributed by atoms with Gasteiger partial charge in [-0.25, -0.2) is 0 Å². The van der Waals surface area contributed by atoms with E-state index in [1.54, 1.807) is 0 Å². The molecule has 0 bridgehead atoms. The number of nitrogens with zero attached hydrogens (tertiary/aromatic N) is 3. The molecule has 0 radical (unpaired) electrons. The van der Waals surface area contributed by atoms with Crippen LogP contribution < -0.4 is 4.74 Å². The average Bonchev–Trinajstić information content (AvgIpc) is 2.81. The van der Waals surface area contributed by atoms with Crippen molar-refractivity contribution < 1.29 is 9.66 Å². The van der Waals surface area contributed by atoms with E-state index in [-0.39, 0.29) is 5.69 Å². The van der Waals surface area contributed by atoms with Gasteiger partial charge in [0.1, 0.15) is 24.8 Å². The van der Waals surface area contributed by atoms with Crippen molar-refractivity contribution in [2.24, 2.45) is 0 Å². The van der Waals surface area contributed by atoms with Crippen molar-refractivity contribution in [2.75, 3.05) is 6.61 Å². The number of hydrogen-bond donors (Lipinski definition) is 0. The number of ether oxygens (including phenoxy) is 1. The van der Waals surface area contributed by atoms with Gasteiger partial charge in [-0.15, -0.1) is 0 Å². The quantitative estimate of drug-likeness (QED) is 0.628. The van der Waals surface area contributed by atoms with Gasteiger partial charge < -0.3 is 4.74 Å². The van der Waals surface area contributed by atoms with Crippen LogP contribution in [0.5, 0.6) is 5.75 Å². The van der Waals surface area contributed by atoms with E-state index in [0.717, 1.165) is 10.2 Å². The van der Waals surface area contributed by atoms with E-state index in [0.29, 0.717) is 13.2 Å². The van der Waals surface area contributed by atoms with Gasteiger partial charge in [0.25, 0.3) is 0 Å². The molecule has 0 aliphatic carbocycles. The number of hydrogen-bond acceptors (Lipinski definition) is 4. The van der Waals surface area contributed by atoms with Gasteiger partial charge in [0, 0.05) is 4.47 Å². The molecule has 6 nitrogen and oxygen atoms in total. The molecular weight excluding hydrogens is 302 g/mol. The maximum absolute atomic E-state index is 10.5. The van der Waals surface area contributed by atoms with Crippen LogP contribution in [0.1, 0.15) is 0 Å². The van der Waals surface area contributed by atoms with Crippen molar-refractivity contribution in [3.05, 3.63) is 51.2 Å². The van der Waals surface area contributed by atoms with Gasteiger partial charge in [-0.1, -0.05) is 15.9 Å². The third-order valence-corrected chi connectivity index (χ3v) is 2.76. The molecule has 0 saturated heterocycles. The van der Waals surface area contributed by atoms with E-state index >= 15 is 0 Å². The largest absolute Gasteiger partial charge is 0.492 e. The zero-order valence-electron chi connectivity index (χ0n) is 9.32. The summed E-state index contributed by atoms with van der Waals surface area (Å²) in [6.45, 7) is 0.865. The second kappa shape index (κ2) is 5.63.